The number of pyridine rings is 1. The second-order valence-electron chi connectivity index (χ2n) is 4.19. The maximum atomic E-state index is 11.4. The van der Waals surface area contributed by atoms with Crippen molar-refractivity contribution in [3.63, 3.8) is 0 Å². The first-order valence-corrected chi connectivity index (χ1v) is 5.82. The number of carboxylic acid groups (broad SMARTS) is 1. The molecule has 3 N–H and O–H groups in total. The van der Waals surface area contributed by atoms with Crippen molar-refractivity contribution < 1.29 is 14.7 Å². The molecule has 0 aliphatic carbocycles. The molecule has 0 saturated carbocycles. The van der Waals surface area contributed by atoms with E-state index in [1.807, 2.05) is 19.9 Å². The highest BCUT2D eigenvalue weighted by Gasteiger charge is 2.05. The van der Waals surface area contributed by atoms with Crippen LogP contribution in [-0.4, -0.2) is 28.6 Å². The fourth-order valence-electron chi connectivity index (χ4n) is 1.29. The summed E-state index contributed by atoms with van der Waals surface area (Å²) in [6.07, 6.45) is 3.30. The van der Waals surface area contributed by atoms with Gasteiger partial charge in [0.05, 0.1) is 17.8 Å². The summed E-state index contributed by atoms with van der Waals surface area (Å²) in [5, 5.41) is 14.1. The van der Waals surface area contributed by atoms with Crippen LogP contribution in [-0.2, 0) is 6.54 Å². The van der Waals surface area contributed by atoms with E-state index in [1.54, 1.807) is 0 Å². The third-order valence-corrected chi connectivity index (χ3v) is 2.27. The Labute approximate surface area is 111 Å². The van der Waals surface area contributed by atoms with Gasteiger partial charge in [0.15, 0.2) is 0 Å². The maximum absolute atomic E-state index is 11.4. The van der Waals surface area contributed by atoms with Crippen molar-refractivity contribution in [2.75, 3.05) is 6.54 Å². The van der Waals surface area contributed by atoms with Crippen molar-refractivity contribution in [2.45, 2.75) is 20.4 Å². The van der Waals surface area contributed by atoms with Gasteiger partial charge in [0, 0.05) is 12.7 Å². The standard InChI is InChI=1S/C13H17N3O3/c1-9(2)3-5-15-13(19)16-8-11-7-10(12(17)18)4-6-14-11/h3-4,6-7H,5,8H2,1-2H3,(H,17,18)(H2,15,16,19). The molecule has 0 bridgehead atoms. The van der Waals surface area contributed by atoms with Gasteiger partial charge in [0.1, 0.15) is 0 Å². The number of hydrogen-bond acceptors (Lipinski definition) is 3. The van der Waals surface area contributed by atoms with Crippen LogP contribution in [0, 0.1) is 0 Å². The first-order chi connectivity index (χ1) is 8.99. The van der Waals surface area contributed by atoms with Crippen molar-refractivity contribution in [3.8, 4) is 0 Å². The highest BCUT2D eigenvalue weighted by Crippen LogP contribution is 2.01. The summed E-state index contributed by atoms with van der Waals surface area (Å²) in [6, 6.07) is 2.51. The van der Waals surface area contributed by atoms with E-state index < -0.39 is 5.97 Å². The largest absolute Gasteiger partial charge is 0.478 e. The minimum Gasteiger partial charge on any atom is -0.478 e. The minimum atomic E-state index is -1.02. The summed E-state index contributed by atoms with van der Waals surface area (Å²) >= 11 is 0. The number of aromatic carboxylic acids is 1. The normalized spacial score (nSPS) is 9.58. The number of aromatic nitrogens is 1. The highest BCUT2D eigenvalue weighted by atomic mass is 16.4. The molecule has 19 heavy (non-hydrogen) atoms. The van der Waals surface area contributed by atoms with Gasteiger partial charge < -0.3 is 15.7 Å². The number of carboxylic acids is 1. The monoisotopic (exact) mass is 263 g/mol. The molecule has 1 aromatic heterocycles. The molecular formula is C13H17N3O3. The molecule has 1 heterocycles. The van der Waals surface area contributed by atoms with E-state index >= 15 is 0 Å². The van der Waals surface area contributed by atoms with E-state index in [-0.39, 0.29) is 18.1 Å². The molecule has 1 rings (SSSR count). The number of rotatable bonds is 5. The van der Waals surface area contributed by atoms with Crippen LogP contribution in [0.4, 0.5) is 4.79 Å². The molecule has 0 spiro atoms. The van der Waals surface area contributed by atoms with Crippen molar-refractivity contribution in [2.24, 2.45) is 0 Å². The topological polar surface area (TPSA) is 91.3 Å². The summed E-state index contributed by atoms with van der Waals surface area (Å²) in [7, 11) is 0. The van der Waals surface area contributed by atoms with Crippen molar-refractivity contribution in [3.05, 3.63) is 41.2 Å². The second kappa shape index (κ2) is 7.15. The molecule has 0 radical (unpaired) electrons. The Morgan fingerprint density at radius 2 is 2.11 bits per heavy atom. The molecule has 6 nitrogen and oxygen atoms in total. The van der Waals surface area contributed by atoms with Crippen LogP contribution in [0.15, 0.2) is 30.0 Å². The SMILES string of the molecule is CC(C)=CCNC(=O)NCc1cc(C(=O)O)ccn1. The third kappa shape index (κ3) is 5.67. The van der Waals surface area contributed by atoms with Gasteiger partial charge in [-0.15, -0.1) is 0 Å². The van der Waals surface area contributed by atoms with Crippen LogP contribution < -0.4 is 10.6 Å². The fourth-order valence-corrected chi connectivity index (χ4v) is 1.29. The van der Waals surface area contributed by atoms with E-state index in [0.717, 1.165) is 5.57 Å². The van der Waals surface area contributed by atoms with Gasteiger partial charge in [0.25, 0.3) is 0 Å². The van der Waals surface area contributed by atoms with Crippen LogP contribution in [0.25, 0.3) is 0 Å². The van der Waals surface area contributed by atoms with Crippen molar-refractivity contribution >= 4 is 12.0 Å². The van der Waals surface area contributed by atoms with Gasteiger partial charge in [-0.2, -0.15) is 0 Å². The lowest BCUT2D eigenvalue weighted by atomic mass is 10.2. The molecule has 0 unspecified atom stereocenters. The van der Waals surface area contributed by atoms with Crippen LogP contribution in [0.1, 0.15) is 29.9 Å². The number of nitrogens with zero attached hydrogens (tertiary/aromatic N) is 1. The van der Waals surface area contributed by atoms with E-state index in [4.69, 9.17) is 5.11 Å². The van der Waals surface area contributed by atoms with Crippen LogP contribution >= 0.6 is 0 Å². The van der Waals surface area contributed by atoms with Crippen molar-refractivity contribution in [1.82, 2.24) is 15.6 Å². The maximum Gasteiger partial charge on any atom is 0.335 e. The Kier molecular flexibility index (Phi) is 5.53. The van der Waals surface area contributed by atoms with Crippen LogP contribution in [0.3, 0.4) is 0 Å². The van der Waals surface area contributed by atoms with Gasteiger partial charge in [-0.25, -0.2) is 9.59 Å². The number of allylic oxidation sites excluding steroid dienone is 1. The number of carbonyl (C=O) groups excluding carboxylic acids is 1. The molecule has 2 amide bonds. The predicted octanol–water partition coefficient (Wildman–Crippen LogP) is 1.55. The Bertz CT molecular complexity index is 494. The van der Waals surface area contributed by atoms with Gasteiger partial charge in [-0.05, 0) is 26.0 Å². The van der Waals surface area contributed by atoms with Crippen molar-refractivity contribution in [1.29, 1.82) is 0 Å². The molecule has 1 aromatic rings. The molecule has 0 saturated heterocycles. The molecule has 6 heteroatoms. The molecule has 0 atom stereocenters. The smallest absolute Gasteiger partial charge is 0.335 e. The Hall–Kier alpha value is -2.37. The zero-order valence-electron chi connectivity index (χ0n) is 10.9. The van der Waals surface area contributed by atoms with Gasteiger partial charge in [-0.3, -0.25) is 4.98 Å². The number of hydrogen-bond donors (Lipinski definition) is 3. The first kappa shape index (κ1) is 14.7. The van der Waals surface area contributed by atoms with Gasteiger partial charge >= 0.3 is 12.0 Å². The van der Waals surface area contributed by atoms with E-state index in [9.17, 15) is 9.59 Å². The van der Waals surface area contributed by atoms with Gasteiger partial charge in [0.2, 0.25) is 0 Å². The first-order valence-electron chi connectivity index (χ1n) is 5.82. The zero-order valence-corrected chi connectivity index (χ0v) is 10.9. The van der Waals surface area contributed by atoms with Crippen LogP contribution in [0.2, 0.25) is 0 Å². The zero-order chi connectivity index (χ0) is 14.3. The number of urea groups is 1. The lowest BCUT2D eigenvalue weighted by molar-refractivity contribution is 0.0696. The molecule has 102 valence electrons. The third-order valence-electron chi connectivity index (χ3n) is 2.27. The summed E-state index contributed by atoms with van der Waals surface area (Å²) < 4.78 is 0. The molecule has 0 aromatic carbocycles. The molecule has 0 aliphatic heterocycles. The second-order valence-corrected chi connectivity index (χ2v) is 4.19. The minimum absolute atomic E-state index is 0.150. The molecular weight excluding hydrogens is 246 g/mol. The quantitative estimate of drug-likeness (QED) is 0.703. The summed E-state index contributed by atoms with van der Waals surface area (Å²) in [5.74, 6) is -1.02. The Morgan fingerprint density at radius 3 is 2.74 bits per heavy atom. The average Bonchev–Trinajstić information content (AvgIpc) is 2.36. The lowest BCUT2D eigenvalue weighted by Gasteiger charge is -2.06. The Morgan fingerprint density at radius 1 is 1.37 bits per heavy atom. The van der Waals surface area contributed by atoms with Crippen LogP contribution in [0.5, 0.6) is 0 Å². The van der Waals surface area contributed by atoms with E-state index in [2.05, 4.69) is 15.6 Å². The molecule has 0 aliphatic rings. The fraction of sp³-hybridized carbons (Fsp3) is 0.308. The number of amides is 2. The summed E-state index contributed by atoms with van der Waals surface area (Å²) in [6.45, 7) is 4.53. The van der Waals surface area contributed by atoms with E-state index in [1.165, 1.54) is 18.3 Å². The number of nitrogens with one attached hydrogen (secondary N) is 2. The summed E-state index contributed by atoms with van der Waals surface area (Å²) in [5.41, 5.74) is 1.77. The summed E-state index contributed by atoms with van der Waals surface area (Å²) in [4.78, 5) is 26.2. The lowest BCUT2D eigenvalue weighted by Crippen LogP contribution is -2.35. The number of carbonyl (C=O) groups is 2. The van der Waals surface area contributed by atoms with E-state index in [0.29, 0.717) is 12.2 Å². The highest BCUT2D eigenvalue weighted by molar-refractivity contribution is 5.87. The molecule has 0 fully saturated rings. The predicted molar refractivity (Wildman–Crippen MR) is 70.9 cm³/mol. The Balaban J connectivity index is 2.44. The average molecular weight is 263 g/mol. The van der Waals surface area contributed by atoms with Gasteiger partial charge in [-0.1, -0.05) is 11.6 Å².